The van der Waals surface area contributed by atoms with Crippen LogP contribution in [0.25, 0.3) is 0 Å². The number of aromatic nitrogens is 5. The van der Waals surface area contributed by atoms with E-state index in [9.17, 15) is 4.79 Å². The third-order valence-corrected chi connectivity index (χ3v) is 5.21. The number of nitrogens with one attached hydrogen (secondary N) is 1. The molecular weight excluding hydrogens is 396 g/mol. The van der Waals surface area contributed by atoms with E-state index in [0.717, 1.165) is 21.4 Å². The molecule has 0 aliphatic carbocycles. The molecule has 0 aliphatic heterocycles. The Morgan fingerprint density at radius 3 is 2.73 bits per heavy atom. The number of aryl methyl sites for hydroxylation is 3. The highest BCUT2D eigenvalue weighted by atomic mass is 79.9. The van der Waals surface area contributed by atoms with Gasteiger partial charge in [0.15, 0.2) is 0 Å². The molecule has 0 atom stereocenters. The first kappa shape index (κ1) is 18.3. The van der Waals surface area contributed by atoms with Gasteiger partial charge in [-0.3, -0.25) is 14.8 Å². The van der Waals surface area contributed by atoms with Crippen molar-refractivity contribution in [1.29, 1.82) is 0 Å². The van der Waals surface area contributed by atoms with Crippen molar-refractivity contribution in [3.8, 4) is 0 Å². The van der Waals surface area contributed by atoms with Gasteiger partial charge in [0.05, 0.1) is 23.3 Å². The average molecular weight is 417 g/mol. The minimum Gasteiger partial charge on any atom is -0.293 e. The van der Waals surface area contributed by atoms with E-state index in [1.807, 2.05) is 30.7 Å². The van der Waals surface area contributed by atoms with E-state index >= 15 is 0 Å². The van der Waals surface area contributed by atoms with E-state index in [2.05, 4.69) is 55.5 Å². The van der Waals surface area contributed by atoms with Gasteiger partial charge >= 0.3 is 0 Å². The number of rotatable bonds is 6. The lowest BCUT2D eigenvalue weighted by atomic mass is 10.1. The zero-order chi connectivity index (χ0) is 18.7. The molecule has 0 spiro atoms. The molecule has 1 amide bonds. The van der Waals surface area contributed by atoms with Gasteiger partial charge < -0.3 is 0 Å². The minimum atomic E-state index is -0.137. The lowest BCUT2D eigenvalue weighted by molar-refractivity contribution is -0.116. The quantitative estimate of drug-likeness (QED) is 0.668. The Morgan fingerprint density at radius 2 is 2.04 bits per heavy atom. The maximum Gasteiger partial charge on any atom is 0.248 e. The van der Waals surface area contributed by atoms with Gasteiger partial charge in [-0.2, -0.15) is 5.10 Å². The molecule has 1 N–H and O–H groups in total. The lowest BCUT2D eigenvalue weighted by Gasteiger charge is -2.04. The molecule has 2 aromatic heterocycles. The summed E-state index contributed by atoms with van der Waals surface area (Å²) in [5.74, 6) is 0.180. The number of carbonyl (C=O) groups is 1. The molecule has 0 saturated heterocycles. The third kappa shape index (κ3) is 4.37. The number of nitrogens with zero attached hydrogens (tertiary/aromatic N) is 5. The molecule has 0 bridgehead atoms. The highest BCUT2D eigenvalue weighted by Gasteiger charge is 2.11. The van der Waals surface area contributed by atoms with Crippen LogP contribution in [0, 0.1) is 20.8 Å². The fourth-order valence-corrected chi connectivity index (χ4v) is 3.00. The molecule has 0 unspecified atom stereocenters. The summed E-state index contributed by atoms with van der Waals surface area (Å²) in [4.78, 5) is 16.3. The van der Waals surface area contributed by atoms with Crippen LogP contribution in [0.5, 0.6) is 0 Å². The maximum atomic E-state index is 12.1. The third-order valence-electron chi connectivity index (χ3n) is 4.06. The van der Waals surface area contributed by atoms with Crippen molar-refractivity contribution in [1.82, 2.24) is 24.5 Å². The van der Waals surface area contributed by atoms with E-state index in [0.29, 0.717) is 25.5 Å². The Labute approximate surface area is 160 Å². The van der Waals surface area contributed by atoms with Crippen molar-refractivity contribution < 1.29 is 4.79 Å². The van der Waals surface area contributed by atoms with Crippen LogP contribution in [0.1, 0.15) is 28.9 Å². The van der Waals surface area contributed by atoms with Crippen LogP contribution in [0.2, 0.25) is 0 Å². The molecule has 1 aromatic carbocycles. The molecule has 26 heavy (non-hydrogen) atoms. The van der Waals surface area contributed by atoms with E-state index in [1.165, 1.54) is 5.56 Å². The van der Waals surface area contributed by atoms with Gasteiger partial charge in [0.1, 0.15) is 6.33 Å². The summed E-state index contributed by atoms with van der Waals surface area (Å²) < 4.78 is 4.51. The largest absolute Gasteiger partial charge is 0.293 e. The molecule has 0 radical (unpaired) electrons. The summed E-state index contributed by atoms with van der Waals surface area (Å²) in [5, 5.41) is 11.4. The zero-order valence-corrected chi connectivity index (χ0v) is 16.6. The van der Waals surface area contributed by atoms with Crippen molar-refractivity contribution in [2.45, 2.75) is 40.3 Å². The summed E-state index contributed by atoms with van der Waals surface area (Å²) in [6, 6.07) is 8.21. The van der Waals surface area contributed by atoms with Gasteiger partial charge in [-0.1, -0.05) is 29.8 Å². The highest BCUT2D eigenvalue weighted by molar-refractivity contribution is 9.10. The van der Waals surface area contributed by atoms with Crippen LogP contribution < -0.4 is 5.32 Å². The van der Waals surface area contributed by atoms with E-state index in [4.69, 9.17) is 0 Å². The van der Waals surface area contributed by atoms with Crippen LogP contribution in [-0.2, 0) is 17.9 Å². The van der Waals surface area contributed by atoms with Crippen LogP contribution in [-0.4, -0.2) is 30.5 Å². The summed E-state index contributed by atoms with van der Waals surface area (Å²) in [5.41, 5.74) is 4.27. The van der Waals surface area contributed by atoms with Crippen molar-refractivity contribution in [2.24, 2.45) is 0 Å². The first-order valence-corrected chi connectivity index (χ1v) is 9.16. The van der Waals surface area contributed by atoms with Crippen LogP contribution in [0.15, 0.2) is 35.1 Å². The smallest absolute Gasteiger partial charge is 0.248 e. The predicted octanol–water partition coefficient (Wildman–Crippen LogP) is 3.24. The Morgan fingerprint density at radius 1 is 1.23 bits per heavy atom. The number of hydrogen-bond acceptors (Lipinski definition) is 4. The van der Waals surface area contributed by atoms with Crippen LogP contribution >= 0.6 is 15.9 Å². The second-order valence-electron chi connectivity index (χ2n) is 6.26. The van der Waals surface area contributed by atoms with Gasteiger partial charge in [0.25, 0.3) is 0 Å². The Balaban J connectivity index is 1.55. The Kier molecular flexibility index (Phi) is 5.51. The standard InChI is InChI=1S/C18H21BrN6O/c1-12-5-4-6-15(9-12)10-24-11-20-18(23-24)21-16(26)7-8-25-14(3)17(19)13(2)22-25/h4-6,9,11H,7-8,10H2,1-3H3,(H,21,23,26). The number of halogens is 1. The molecular formula is C18H21BrN6O. The Hall–Kier alpha value is -2.48. The summed E-state index contributed by atoms with van der Waals surface area (Å²) in [6.45, 7) is 7.07. The first-order valence-electron chi connectivity index (χ1n) is 8.36. The first-order chi connectivity index (χ1) is 12.4. The number of benzene rings is 1. The summed E-state index contributed by atoms with van der Waals surface area (Å²) in [6.07, 6.45) is 1.93. The van der Waals surface area contributed by atoms with E-state index < -0.39 is 0 Å². The second-order valence-corrected chi connectivity index (χ2v) is 7.05. The SMILES string of the molecule is Cc1cccc(Cn2cnc(NC(=O)CCn3nc(C)c(Br)c3C)n2)c1. The van der Waals surface area contributed by atoms with Crippen molar-refractivity contribution in [3.05, 3.63) is 57.6 Å². The number of carbonyl (C=O) groups excluding carboxylic acids is 1. The predicted molar refractivity (Wildman–Crippen MR) is 103 cm³/mol. The summed E-state index contributed by atoms with van der Waals surface area (Å²) in [7, 11) is 0. The molecule has 0 fully saturated rings. The van der Waals surface area contributed by atoms with Gasteiger partial charge in [0, 0.05) is 12.1 Å². The Bertz CT molecular complexity index is 930. The molecule has 0 aliphatic rings. The lowest BCUT2D eigenvalue weighted by Crippen LogP contribution is -2.16. The average Bonchev–Trinajstić information content (AvgIpc) is 3.12. The fraction of sp³-hybridized carbons (Fsp3) is 0.333. The molecule has 3 aromatic rings. The van der Waals surface area contributed by atoms with Gasteiger partial charge in [0.2, 0.25) is 11.9 Å². The topological polar surface area (TPSA) is 77.6 Å². The van der Waals surface area contributed by atoms with Gasteiger partial charge in [-0.05, 0) is 42.3 Å². The molecule has 2 heterocycles. The molecule has 7 nitrogen and oxygen atoms in total. The normalized spacial score (nSPS) is 10.9. The fourth-order valence-electron chi connectivity index (χ4n) is 2.71. The number of amides is 1. The van der Waals surface area contributed by atoms with Crippen molar-refractivity contribution in [2.75, 3.05) is 5.32 Å². The van der Waals surface area contributed by atoms with Gasteiger partial charge in [-0.15, -0.1) is 5.10 Å². The molecule has 8 heteroatoms. The molecule has 3 rings (SSSR count). The monoisotopic (exact) mass is 416 g/mol. The minimum absolute atomic E-state index is 0.137. The zero-order valence-electron chi connectivity index (χ0n) is 15.0. The summed E-state index contributed by atoms with van der Waals surface area (Å²) >= 11 is 3.49. The highest BCUT2D eigenvalue weighted by Crippen LogP contribution is 2.19. The number of hydrogen-bond donors (Lipinski definition) is 1. The van der Waals surface area contributed by atoms with E-state index in [1.54, 1.807) is 11.0 Å². The number of anilines is 1. The van der Waals surface area contributed by atoms with Crippen LogP contribution in [0.4, 0.5) is 5.95 Å². The van der Waals surface area contributed by atoms with Crippen LogP contribution in [0.3, 0.4) is 0 Å². The molecule has 136 valence electrons. The van der Waals surface area contributed by atoms with Gasteiger partial charge in [-0.25, -0.2) is 9.67 Å². The van der Waals surface area contributed by atoms with E-state index in [-0.39, 0.29) is 5.91 Å². The van der Waals surface area contributed by atoms with Crippen molar-refractivity contribution >= 4 is 27.8 Å². The molecule has 0 saturated carbocycles. The van der Waals surface area contributed by atoms with Crippen molar-refractivity contribution in [3.63, 3.8) is 0 Å². The second kappa shape index (κ2) is 7.82. The maximum absolute atomic E-state index is 12.1.